The van der Waals surface area contributed by atoms with Crippen molar-refractivity contribution in [2.75, 3.05) is 25.0 Å². The van der Waals surface area contributed by atoms with E-state index in [2.05, 4.69) is 10.3 Å². The molecule has 6 heteroatoms. The van der Waals surface area contributed by atoms with E-state index in [1.165, 1.54) is 6.07 Å². The Labute approximate surface area is 99.1 Å². The number of nitrogens with one attached hydrogen (secondary N) is 1. The number of nitrogens with zero attached hydrogens (tertiary/aromatic N) is 3. The third-order valence-corrected chi connectivity index (χ3v) is 2.63. The molecule has 0 atom stereocenters. The molecule has 6 nitrogen and oxygen atoms in total. The lowest BCUT2D eigenvalue weighted by Gasteiger charge is -2.24. The fraction of sp³-hybridized carbons (Fsp3) is 0.364. The van der Waals surface area contributed by atoms with Crippen LogP contribution in [0.4, 0.5) is 11.4 Å². The summed E-state index contributed by atoms with van der Waals surface area (Å²) in [5.74, 6) is 0.761. The molecule has 0 radical (unpaired) electrons. The SMILES string of the molecule is CN(C1=NCCCN1)c1cccc([N+](=O)[O-])c1. The smallest absolute Gasteiger partial charge is 0.271 e. The van der Waals surface area contributed by atoms with E-state index in [1.807, 2.05) is 18.0 Å². The first-order chi connectivity index (χ1) is 8.18. The highest BCUT2D eigenvalue weighted by molar-refractivity contribution is 5.96. The van der Waals surface area contributed by atoms with E-state index in [1.54, 1.807) is 12.1 Å². The van der Waals surface area contributed by atoms with E-state index >= 15 is 0 Å². The predicted molar refractivity (Wildman–Crippen MR) is 66.4 cm³/mol. The van der Waals surface area contributed by atoms with Gasteiger partial charge in [0.05, 0.1) is 10.6 Å². The van der Waals surface area contributed by atoms with Crippen molar-refractivity contribution in [2.24, 2.45) is 4.99 Å². The number of guanidine groups is 1. The number of non-ortho nitro benzene ring substituents is 1. The van der Waals surface area contributed by atoms with Crippen molar-refractivity contribution in [1.82, 2.24) is 5.32 Å². The van der Waals surface area contributed by atoms with E-state index < -0.39 is 4.92 Å². The molecule has 2 rings (SSSR count). The van der Waals surface area contributed by atoms with E-state index in [0.717, 1.165) is 31.2 Å². The number of hydrogen-bond acceptors (Lipinski definition) is 5. The maximum absolute atomic E-state index is 10.7. The highest BCUT2D eigenvalue weighted by Crippen LogP contribution is 2.20. The van der Waals surface area contributed by atoms with E-state index in [-0.39, 0.29) is 5.69 Å². The lowest BCUT2D eigenvalue weighted by Crippen LogP contribution is -2.42. The number of anilines is 1. The summed E-state index contributed by atoms with van der Waals surface area (Å²) >= 11 is 0. The van der Waals surface area contributed by atoms with Crippen LogP contribution in [0.3, 0.4) is 0 Å². The maximum atomic E-state index is 10.7. The molecule has 0 fully saturated rings. The number of rotatable bonds is 2. The molecule has 0 spiro atoms. The molecule has 1 aromatic carbocycles. The number of nitro benzene ring substituents is 1. The van der Waals surface area contributed by atoms with Crippen LogP contribution in [0.1, 0.15) is 6.42 Å². The van der Waals surface area contributed by atoms with Crippen LogP contribution in [0.2, 0.25) is 0 Å². The molecule has 1 heterocycles. The Balaban J connectivity index is 2.24. The van der Waals surface area contributed by atoms with Crippen LogP contribution in [0.25, 0.3) is 0 Å². The molecule has 1 N–H and O–H groups in total. The number of hydrogen-bond donors (Lipinski definition) is 1. The standard InChI is InChI=1S/C11H14N4O2/c1-14(11-12-6-3-7-13-11)9-4-2-5-10(8-9)15(16)17/h2,4-5,8H,3,6-7H2,1H3,(H,12,13). The van der Waals surface area contributed by atoms with E-state index in [4.69, 9.17) is 0 Å². The number of benzene rings is 1. The second kappa shape index (κ2) is 4.82. The van der Waals surface area contributed by atoms with Crippen molar-refractivity contribution in [2.45, 2.75) is 6.42 Å². The third kappa shape index (κ3) is 2.52. The molecule has 0 saturated heterocycles. The summed E-state index contributed by atoms with van der Waals surface area (Å²) in [6.45, 7) is 1.68. The van der Waals surface area contributed by atoms with Crippen molar-refractivity contribution in [3.8, 4) is 0 Å². The molecule has 0 bridgehead atoms. The van der Waals surface area contributed by atoms with Crippen molar-refractivity contribution >= 4 is 17.3 Å². The van der Waals surface area contributed by atoms with Gasteiger partial charge >= 0.3 is 0 Å². The van der Waals surface area contributed by atoms with Crippen LogP contribution in [0.15, 0.2) is 29.3 Å². The highest BCUT2D eigenvalue weighted by atomic mass is 16.6. The van der Waals surface area contributed by atoms with Crippen LogP contribution in [0.5, 0.6) is 0 Å². The second-order valence-corrected chi connectivity index (χ2v) is 3.82. The Hall–Kier alpha value is -2.11. The van der Waals surface area contributed by atoms with Gasteiger partial charge in [-0.2, -0.15) is 0 Å². The minimum absolute atomic E-state index is 0.0887. The molecular formula is C11H14N4O2. The third-order valence-electron chi connectivity index (χ3n) is 2.63. The lowest BCUT2D eigenvalue weighted by atomic mass is 10.2. The van der Waals surface area contributed by atoms with Crippen LogP contribution < -0.4 is 10.2 Å². The molecule has 1 aliphatic heterocycles. The van der Waals surface area contributed by atoms with Crippen molar-refractivity contribution in [3.05, 3.63) is 34.4 Å². The zero-order valence-electron chi connectivity index (χ0n) is 9.59. The summed E-state index contributed by atoms with van der Waals surface area (Å²) in [5, 5.41) is 13.9. The lowest BCUT2D eigenvalue weighted by molar-refractivity contribution is -0.384. The van der Waals surface area contributed by atoms with Gasteiger partial charge in [0.15, 0.2) is 5.96 Å². The van der Waals surface area contributed by atoms with Crippen molar-refractivity contribution < 1.29 is 4.92 Å². The first kappa shape index (κ1) is 11.4. The van der Waals surface area contributed by atoms with Crippen LogP contribution in [0, 0.1) is 10.1 Å². The minimum atomic E-state index is -0.395. The highest BCUT2D eigenvalue weighted by Gasteiger charge is 2.13. The fourth-order valence-electron chi connectivity index (χ4n) is 1.68. The summed E-state index contributed by atoms with van der Waals surface area (Å²) in [6.07, 6.45) is 1.02. The second-order valence-electron chi connectivity index (χ2n) is 3.82. The molecule has 1 aliphatic rings. The Morgan fingerprint density at radius 3 is 3.00 bits per heavy atom. The quantitative estimate of drug-likeness (QED) is 0.620. The van der Waals surface area contributed by atoms with E-state index in [9.17, 15) is 10.1 Å². The van der Waals surface area contributed by atoms with E-state index in [0.29, 0.717) is 0 Å². The summed E-state index contributed by atoms with van der Waals surface area (Å²) < 4.78 is 0. The average molecular weight is 234 g/mol. The van der Waals surface area contributed by atoms with Gasteiger partial charge in [0.1, 0.15) is 0 Å². The summed E-state index contributed by atoms with van der Waals surface area (Å²) in [7, 11) is 1.84. The summed E-state index contributed by atoms with van der Waals surface area (Å²) in [6, 6.07) is 6.52. The Morgan fingerprint density at radius 1 is 1.53 bits per heavy atom. The molecule has 0 unspecified atom stereocenters. The molecule has 0 aromatic heterocycles. The number of nitro groups is 1. The largest absolute Gasteiger partial charge is 0.356 e. The molecular weight excluding hydrogens is 220 g/mol. The topological polar surface area (TPSA) is 70.8 Å². The van der Waals surface area contributed by atoms with Gasteiger partial charge in [0.2, 0.25) is 0 Å². The first-order valence-corrected chi connectivity index (χ1v) is 5.45. The maximum Gasteiger partial charge on any atom is 0.271 e. The Morgan fingerprint density at radius 2 is 2.35 bits per heavy atom. The van der Waals surface area contributed by atoms with Gasteiger partial charge in [0, 0.05) is 32.3 Å². The summed E-state index contributed by atoms with van der Waals surface area (Å²) in [5.41, 5.74) is 0.845. The zero-order valence-corrected chi connectivity index (χ0v) is 9.59. The molecule has 17 heavy (non-hydrogen) atoms. The summed E-state index contributed by atoms with van der Waals surface area (Å²) in [4.78, 5) is 16.5. The number of aliphatic imine (C=N–C) groups is 1. The van der Waals surface area contributed by atoms with Gasteiger partial charge in [-0.15, -0.1) is 0 Å². The van der Waals surface area contributed by atoms with Gasteiger partial charge in [-0.05, 0) is 12.5 Å². The van der Waals surface area contributed by atoms with Crippen LogP contribution in [-0.2, 0) is 0 Å². The van der Waals surface area contributed by atoms with Crippen molar-refractivity contribution in [3.63, 3.8) is 0 Å². The fourth-order valence-corrected chi connectivity index (χ4v) is 1.68. The predicted octanol–water partition coefficient (Wildman–Crippen LogP) is 1.38. The van der Waals surface area contributed by atoms with Gasteiger partial charge < -0.3 is 10.2 Å². The molecule has 0 amide bonds. The Kier molecular flexibility index (Phi) is 3.22. The Bertz CT molecular complexity index is 459. The van der Waals surface area contributed by atoms with Gasteiger partial charge in [0.25, 0.3) is 5.69 Å². The van der Waals surface area contributed by atoms with Crippen LogP contribution >= 0.6 is 0 Å². The monoisotopic (exact) mass is 234 g/mol. The average Bonchev–Trinajstić information content (AvgIpc) is 2.39. The van der Waals surface area contributed by atoms with Crippen molar-refractivity contribution in [1.29, 1.82) is 0 Å². The molecule has 1 aromatic rings. The normalized spacial score (nSPS) is 14.8. The molecule has 90 valence electrons. The van der Waals surface area contributed by atoms with Gasteiger partial charge in [-0.1, -0.05) is 6.07 Å². The molecule has 0 saturated carbocycles. The van der Waals surface area contributed by atoms with Crippen LogP contribution in [-0.4, -0.2) is 31.0 Å². The minimum Gasteiger partial charge on any atom is -0.356 e. The first-order valence-electron chi connectivity index (χ1n) is 5.45. The van der Waals surface area contributed by atoms with Gasteiger partial charge in [-0.3, -0.25) is 15.1 Å². The van der Waals surface area contributed by atoms with Gasteiger partial charge in [-0.25, -0.2) is 0 Å². The molecule has 0 aliphatic carbocycles. The zero-order chi connectivity index (χ0) is 12.3.